The number of carbonyl (C=O) groups excluding carboxylic acids is 1. The van der Waals surface area contributed by atoms with Crippen molar-refractivity contribution in [2.75, 3.05) is 0 Å². The van der Waals surface area contributed by atoms with Crippen molar-refractivity contribution in [2.24, 2.45) is 52.3 Å². The second kappa shape index (κ2) is 5.46. The molecule has 4 saturated carbocycles. The molecule has 4 fully saturated rings. The monoisotopic (exact) mass is 351 g/mol. The van der Waals surface area contributed by atoms with Crippen molar-refractivity contribution in [3.8, 4) is 6.07 Å². The van der Waals surface area contributed by atoms with Gasteiger partial charge in [0.1, 0.15) is 0 Å². The van der Waals surface area contributed by atoms with Crippen LogP contribution in [0.2, 0.25) is 0 Å². The summed E-state index contributed by atoms with van der Waals surface area (Å²) in [5.74, 6) is 5.53. The third-order valence-corrected chi connectivity index (χ3v) is 9.94. The van der Waals surface area contributed by atoms with Crippen LogP contribution in [0.15, 0.2) is 11.6 Å². The Morgan fingerprint density at radius 3 is 2.73 bits per heavy atom. The van der Waals surface area contributed by atoms with Gasteiger partial charge in [-0.2, -0.15) is 5.26 Å². The average Bonchev–Trinajstić information content (AvgIpc) is 3.39. The molecule has 0 aromatic carbocycles. The zero-order valence-electron chi connectivity index (χ0n) is 16.6. The molecule has 5 rings (SSSR count). The van der Waals surface area contributed by atoms with Crippen LogP contribution < -0.4 is 0 Å². The van der Waals surface area contributed by atoms with Crippen LogP contribution in [-0.4, -0.2) is 5.78 Å². The van der Waals surface area contributed by atoms with Gasteiger partial charge in [0.2, 0.25) is 0 Å². The summed E-state index contributed by atoms with van der Waals surface area (Å²) in [6.07, 6.45) is 11.1. The molecule has 0 spiro atoms. The summed E-state index contributed by atoms with van der Waals surface area (Å²) in [7, 11) is 0. The first-order valence-electron chi connectivity index (χ1n) is 11.2. The van der Waals surface area contributed by atoms with Gasteiger partial charge < -0.3 is 0 Å². The van der Waals surface area contributed by atoms with Crippen molar-refractivity contribution in [3.63, 3.8) is 0 Å². The zero-order valence-corrected chi connectivity index (χ0v) is 16.6. The minimum absolute atomic E-state index is 0.0551. The first kappa shape index (κ1) is 17.0. The molecule has 0 bridgehead atoms. The maximum absolute atomic E-state index is 12.0. The summed E-state index contributed by atoms with van der Waals surface area (Å²) >= 11 is 0. The van der Waals surface area contributed by atoms with Crippen LogP contribution in [0.4, 0.5) is 0 Å². The molecule has 9 atom stereocenters. The molecule has 5 aliphatic carbocycles. The van der Waals surface area contributed by atoms with Gasteiger partial charge in [-0.25, -0.2) is 0 Å². The zero-order chi connectivity index (χ0) is 18.3. The molecule has 140 valence electrons. The van der Waals surface area contributed by atoms with E-state index in [-0.39, 0.29) is 10.8 Å². The topological polar surface area (TPSA) is 40.9 Å². The van der Waals surface area contributed by atoms with E-state index in [1.165, 1.54) is 31.3 Å². The lowest BCUT2D eigenvalue weighted by Crippen LogP contribution is -2.54. The molecule has 0 aliphatic heterocycles. The van der Waals surface area contributed by atoms with E-state index in [4.69, 9.17) is 0 Å². The van der Waals surface area contributed by atoms with Gasteiger partial charge in [-0.05, 0) is 97.9 Å². The number of rotatable bonds is 2. The third kappa shape index (κ3) is 1.81. The Kier molecular flexibility index (Phi) is 3.58. The fourth-order valence-electron chi connectivity index (χ4n) is 9.12. The maximum atomic E-state index is 12.0. The normalized spacial score (nSPS) is 54.3. The van der Waals surface area contributed by atoms with E-state index in [1.807, 2.05) is 6.08 Å². The molecule has 2 heteroatoms. The Balaban J connectivity index is 1.58. The third-order valence-electron chi connectivity index (χ3n) is 9.94. The summed E-state index contributed by atoms with van der Waals surface area (Å²) in [5.41, 5.74) is 1.69. The molecule has 0 aromatic rings. The minimum atomic E-state index is -0.0551. The molecule has 5 aliphatic rings. The Labute approximate surface area is 158 Å². The van der Waals surface area contributed by atoms with Gasteiger partial charge in [-0.15, -0.1) is 0 Å². The lowest BCUT2D eigenvalue weighted by molar-refractivity contribution is -0.117. The first-order valence-corrected chi connectivity index (χ1v) is 11.2. The molecule has 0 aromatic heterocycles. The summed E-state index contributed by atoms with van der Waals surface area (Å²) in [6, 6.07) is 2.93. The first-order chi connectivity index (χ1) is 12.5. The number of carbonyl (C=O) groups is 1. The van der Waals surface area contributed by atoms with Gasteiger partial charge in [0.25, 0.3) is 0 Å². The van der Waals surface area contributed by atoms with E-state index in [2.05, 4.69) is 26.8 Å². The van der Waals surface area contributed by atoms with Crippen molar-refractivity contribution >= 4 is 5.78 Å². The van der Waals surface area contributed by atoms with Gasteiger partial charge in [0.05, 0.1) is 11.5 Å². The highest BCUT2D eigenvalue weighted by Crippen LogP contribution is 2.81. The van der Waals surface area contributed by atoms with Gasteiger partial charge in [-0.1, -0.05) is 26.3 Å². The van der Waals surface area contributed by atoms with Crippen LogP contribution in [0.3, 0.4) is 0 Å². The minimum Gasteiger partial charge on any atom is -0.295 e. The van der Waals surface area contributed by atoms with Gasteiger partial charge in [-0.3, -0.25) is 4.79 Å². The number of nitriles is 1. The van der Waals surface area contributed by atoms with Crippen molar-refractivity contribution in [3.05, 3.63) is 11.6 Å². The summed E-state index contributed by atoms with van der Waals surface area (Å²) in [4.78, 5) is 12.0. The smallest absolute Gasteiger partial charge is 0.155 e. The van der Waals surface area contributed by atoms with Crippen LogP contribution >= 0.6 is 0 Å². The van der Waals surface area contributed by atoms with E-state index in [9.17, 15) is 10.1 Å². The fraction of sp³-hybridized carbons (Fsp3) is 0.833. The van der Waals surface area contributed by atoms with Crippen LogP contribution in [-0.2, 0) is 4.79 Å². The second-order valence-electron chi connectivity index (χ2n) is 10.3. The molecule has 0 radical (unpaired) electrons. The van der Waals surface area contributed by atoms with Gasteiger partial charge in [0.15, 0.2) is 5.78 Å². The predicted octanol–water partition coefficient (Wildman–Crippen LogP) is 5.54. The highest BCUT2D eigenvalue weighted by Gasteiger charge is 2.76. The Morgan fingerprint density at radius 2 is 2.04 bits per heavy atom. The summed E-state index contributed by atoms with van der Waals surface area (Å²) < 4.78 is 0. The van der Waals surface area contributed by atoms with Crippen molar-refractivity contribution in [2.45, 2.75) is 72.1 Å². The predicted molar refractivity (Wildman–Crippen MR) is 102 cm³/mol. The standard InChI is InChI=1S/C24H33NO/c1-4-23-9-8-18-17-7-6-16(26)11-15(17)10-14(3)21(18)22(23)19-12-20(19)24(23,5-2)13-25/h11,14,17-22H,4-10,12H2,1-3H3/t14-,17+,18-,19-,20+,21-,22+,23+,24?/m1/s1. The van der Waals surface area contributed by atoms with E-state index >= 15 is 0 Å². The summed E-state index contributed by atoms with van der Waals surface area (Å²) in [5, 5.41) is 10.3. The molecular weight excluding hydrogens is 318 g/mol. The van der Waals surface area contributed by atoms with Crippen LogP contribution in [0.25, 0.3) is 0 Å². The number of nitrogens with zero attached hydrogens (tertiary/aromatic N) is 1. The molecule has 0 amide bonds. The lowest BCUT2D eigenvalue weighted by Gasteiger charge is -2.60. The van der Waals surface area contributed by atoms with Crippen LogP contribution in [0.1, 0.15) is 72.1 Å². The molecule has 0 N–H and O–H groups in total. The van der Waals surface area contributed by atoms with Crippen molar-refractivity contribution in [1.29, 1.82) is 5.26 Å². The van der Waals surface area contributed by atoms with E-state index in [0.29, 0.717) is 23.5 Å². The molecular formula is C24H33NO. The van der Waals surface area contributed by atoms with Gasteiger partial charge in [0, 0.05) is 6.42 Å². The molecule has 1 unspecified atom stereocenters. The molecule has 26 heavy (non-hydrogen) atoms. The lowest BCUT2D eigenvalue weighted by atomic mass is 9.44. The SMILES string of the molecule is CCC1(C#N)[C@H]2C[C@H]2[C@H]2[C@H]3[C@H](CC[C@@]21CC)[C@H]1CCC(=O)C=C1C[C@H]3C. The Morgan fingerprint density at radius 1 is 1.23 bits per heavy atom. The van der Waals surface area contributed by atoms with Crippen LogP contribution in [0, 0.1) is 63.6 Å². The van der Waals surface area contributed by atoms with Crippen LogP contribution in [0.5, 0.6) is 0 Å². The van der Waals surface area contributed by atoms with E-state index in [1.54, 1.807) is 0 Å². The average molecular weight is 352 g/mol. The van der Waals surface area contributed by atoms with E-state index < -0.39 is 0 Å². The highest BCUT2D eigenvalue weighted by atomic mass is 16.1. The second-order valence-corrected chi connectivity index (χ2v) is 10.3. The largest absolute Gasteiger partial charge is 0.295 e. The van der Waals surface area contributed by atoms with E-state index in [0.717, 1.165) is 49.4 Å². The Hall–Kier alpha value is -1.10. The van der Waals surface area contributed by atoms with Crippen molar-refractivity contribution < 1.29 is 4.79 Å². The maximum Gasteiger partial charge on any atom is 0.155 e. The quantitative estimate of drug-likeness (QED) is 0.655. The number of allylic oxidation sites excluding steroid dienone is 1. The molecule has 0 saturated heterocycles. The number of hydrogen-bond donors (Lipinski definition) is 0. The molecule has 0 heterocycles. The van der Waals surface area contributed by atoms with Crippen molar-refractivity contribution in [1.82, 2.24) is 0 Å². The Bertz CT molecular complexity index is 716. The summed E-state index contributed by atoms with van der Waals surface area (Å²) in [6.45, 7) is 7.11. The molecule has 2 nitrogen and oxygen atoms in total. The van der Waals surface area contributed by atoms with Gasteiger partial charge >= 0.3 is 0 Å². The highest BCUT2D eigenvalue weighted by molar-refractivity contribution is 5.91. The number of fused-ring (bicyclic) bond motifs is 7. The fourth-order valence-corrected chi connectivity index (χ4v) is 9.12. The number of ketones is 1. The number of hydrogen-bond acceptors (Lipinski definition) is 2.